The second-order valence-corrected chi connectivity index (χ2v) is 7.45. The van der Waals surface area contributed by atoms with Crippen molar-refractivity contribution in [3.8, 4) is 0 Å². The van der Waals surface area contributed by atoms with Gasteiger partial charge < -0.3 is 14.1 Å². The van der Waals surface area contributed by atoms with Gasteiger partial charge in [-0.2, -0.15) is 0 Å². The van der Waals surface area contributed by atoms with E-state index in [2.05, 4.69) is 26.1 Å². The van der Waals surface area contributed by atoms with Crippen molar-refractivity contribution in [2.45, 2.75) is 19.4 Å². The van der Waals surface area contributed by atoms with Gasteiger partial charge in [-0.3, -0.25) is 4.90 Å². The highest BCUT2D eigenvalue weighted by Crippen LogP contribution is 2.35. The van der Waals surface area contributed by atoms with E-state index < -0.39 is 0 Å². The number of furan rings is 1. The van der Waals surface area contributed by atoms with Gasteiger partial charge in [-0.15, -0.1) is 10.2 Å². The van der Waals surface area contributed by atoms with Gasteiger partial charge in [-0.25, -0.2) is 0 Å². The second kappa shape index (κ2) is 6.59. The van der Waals surface area contributed by atoms with E-state index >= 15 is 0 Å². The number of rotatable bonds is 3. The molecule has 2 aliphatic rings. The summed E-state index contributed by atoms with van der Waals surface area (Å²) in [7, 11) is 0. The average molecular weight is 334 g/mol. The molecule has 4 rings (SSSR count). The molecule has 2 aromatic heterocycles. The van der Waals surface area contributed by atoms with Crippen molar-refractivity contribution in [1.82, 2.24) is 15.1 Å². The molecular formula is C16H22N4O2S. The lowest BCUT2D eigenvalue weighted by molar-refractivity contribution is 0.0106. The van der Waals surface area contributed by atoms with Crippen LogP contribution in [0.25, 0.3) is 0 Å². The van der Waals surface area contributed by atoms with Crippen LogP contribution < -0.4 is 4.90 Å². The largest absolute Gasteiger partial charge is 0.472 e. The molecule has 0 N–H and O–H groups in total. The summed E-state index contributed by atoms with van der Waals surface area (Å²) in [4.78, 5) is 4.88. The first kappa shape index (κ1) is 15.1. The minimum Gasteiger partial charge on any atom is -0.472 e. The molecule has 0 bridgehead atoms. The zero-order valence-electron chi connectivity index (χ0n) is 13.2. The van der Waals surface area contributed by atoms with Gasteiger partial charge >= 0.3 is 0 Å². The fraction of sp³-hybridized carbons (Fsp3) is 0.625. The lowest BCUT2D eigenvalue weighted by atomic mass is 9.80. The summed E-state index contributed by atoms with van der Waals surface area (Å²) < 4.78 is 11.2. The van der Waals surface area contributed by atoms with Crippen LogP contribution in [0.3, 0.4) is 0 Å². The van der Waals surface area contributed by atoms with Crippen LogP contribution in [0.1, 0.15) is 18.4 Å². The van der Waals surface area contributed by atoms with Crippen molar-refractivity contribution >= 4 is 16.5 Å². The van der Waals surface area contributed by atoms with Gasteiger partial charge in [0.15, 0.2) is 0 Å². The molecule has 0 aromatic carbocycles. The molecule has 4 heterocycles. The summed E-state index contributed by atoms with van der Waals surface area (Å²) in [6.07, 6.45) is 6.02. The van der Waals surface area contributed by atoms with E-state index in [1.807, 2.05) is 6.26 Å². The Hall–Kier alpha value is -1.44. The Morgan fingerprint density at radius 3 is 3.13 bits per heavy atom. The minimum absolute atomic E-state index is 0.185. The maximum absolute atomic E-state index is 5.97. The van der Waals surface area contributed by atoms with Crippen molar-refractivity contribution < 1.29 is 9.15 Å². The Balaban J connectivity index is 1.48. The lowest BCUT2D eigenvalue weighted by Gasteiger charge is -2.43. The SMILES string of the molecule is c1cc(CN2CCC[C@@]3(COCCN(c4nncs4)C3)C2)co1. The average Bonchev–Trinajstić information content (AvgIpc) is 3.22. The van der Waals surface area contributed by atoms with Crippen molar-refractivity contribution in [3.05, 3.63) is 29.7 Å². The van der Waals surface area contributed by atoms with E-state index in [0.717, 1.165) is 51.1 Å². The molecule has 0 radical (unpaired) electrons. The molecule has 1 atom stereocenters. The number of aromatic nitrogens is 2. The fourth-order valence-electron chi connectivity index (χ4n) is 3.79. The van der Waals surface area contributed by atoms with Crippen LogP contribution in [-0.2, 0) is 11.3 Å². The molecule has 0 saturated carbocycles. The van der Waals surface area contributed by atoms with E-state index in [1.165, 1.54) is 18.4 Å². The fourth-order valence-corrected chi connectivity index (χ4v) is 4.38. The van der Waals surface area contributed by atoms with Crippen LogP contribution in [0.15, 0.2) is 28.5 Å². The molecule has 0 amide bonds. The normalized spacial score (nSPS) is 26.5. The smallest absolute Gasteiger partial charge is 0.208 e. The van der Waals surface area contributed by atoms with Crippen molar-refractivity contribution in [2.75, 3.05) is 44.3 Å². The zero-order chi connectivity index (χ0) is 15.5. The monoisotopic (exact) mass is 334 g/mol. The van der Waals surface area contributed by atoms with Crippen molar-refractivity contribution in [3.63, 3.8) is 0 Å². The minimum atomic E-state index is 0.185. The number of anilines is 1. The third-order valence-electron chi connectivity index (χ3n) is 4.79. The van der Waals surface area contributed by atoms with Gasteiger partial charge in [0.2, 0.25) is 5.13 Å². The van der Waals surface area contributed by atoms with Crippen molar-refractivity contribution in [1.29, 1.82) is 0 Å². The zero-order valence-corrected chi connectivity index (χ0v) is 14.0. The first-order valence-electron chi connectivity index (χ1n) is 8.15. The molecule has 6 nitrogen and oxygen atoms in total. The number of nitrogens with zero attached hydrogens (tertiary/aromatic N) is 4. The predicted molar refractivity (Wildman–Crippen MR) is 88.6 cm³/mol. The maximum Gasteiger partial charge on any atom is 0.208 e. The molecule has 0 unspecified atom stereocenters. The molecule has 1 spiro atoms. The molecule has 2 aromatic rings. The molecular weight excluding hydrogens is 312 g/mol. The topological polar surface area (TPSA) is 54.6 Å². The van der Waals surface area contributed by atoms with Crippen LogP contribution in [-0.4, -0.2) is 54.5 Å². The number of ether oxygens (including phenoxy) is 1. The Morgan fingerprint density at radius 1 is 1.30 bits per heavy atom. The third kappa shape index (κ3) is 3.41. The van der Waals surface area contributed by atoms with Crippen LogP contribution in [0.2, 0.25) is 0 Å². The highest BCUT2D eigenvalue weighted by molar-refractivity contribution is 7.13. The number of piperidine rings is 1. The second-order valence-electron chi connectivity index (χ2n) is 6.64. The molecule has 23 heavy (non-hydrogen) atoms. The summed E-state index contributed by atoms with van der Waals surface area (Å²) in [5.74, 6) is 0. The van der Waals surface area contributed by atoms with E-state index in [-0.39, 0.29) is 5.41 Å². The van der Waals surface area contributed by atoms with E-state index in [4.69, 9.17) is 9.15 Å². The van der Waals surface area contributed by atoms with Crippen LogP contribution in [0.4, 0.5) is 5.13 Å². The predicted octanol–water partition coefficient (Wildman–Crippen LogP) is 2.25. The number of hydrogen-bond acceptors (Lipinski definition) is 7. The maximum atomic E-state index is 5.97. The highest BCUT2D eigenvalue weighted by Gasteiger charge is 2.39. The van der Waals surface area contributed by atoms with Crippen LogP contribution in [0, 0.1) is 5.41 Å². The molecule has 2 fully saturated rings. The molecule has 7 heteroatoms. The lowest BCUT2D eigenvalue weighted by Crippen LogP contribution is -2.50. The standard InChI is InChI=1S/C16H22N4O2S/c1-3-16(10-19(4-1)8-14-2-6-21-9-14)11-20(5-7-22-12-16)15-18-17-13-23-15/h2,6,9,13H,1,3-5,7-8,10-12H2/t16-/m1/s1. The van der Waals surface area contributed by atoms with Crippen molar-refractivity contribution in [2.24, 2.45) is 5.41 Å². The van der Waals surface area contributed by atoms with Gasteiger partial charge in [0.25, 0.3) is 0 Å². The summed E-state index contributed by atoms with van der Waals surface area (Å²) in [5.41, 5.74) is 3.24. The van der Waals surface area contributed by atoms with E-state index in [1.54, 1.807) is 23.1 Å². The van der Waals surface area contributed by atoms with Gasteiger partial charge in [0.1, 0.15) is 5.51 Å². The Bertz CT molecular complexity index is 604. The first-order valence-corrected chi connectivity index (χ1v) is 9.03. The quantitative estimate of drug-likeness (QED) is 0.858. The summed E-state index contributed by atoms with van der Waals surface area (Å²) in [5, 5.41) is 9.26. The Morgan fingerprint density at radius 2 is 2.30 bits per heavy atom. The summed E-state index contributed by atoms with van der Waals surface area (Å²) in [6, 6.07) is 2.05. The molecule has 0 aliphatic carbocycles. The Kier molecular flexibility index (Phi) is 4.33. The number of hydrogen-bond donors (Lipinski definition) is 0. The van der Waals surface area contributed by atoms with E-state index in [0.29, 0.717) is 0 Å². The highest BCUT2D eigenvalue weighted by atomic mass is 32.1. The van der Waals surface area contributed by atoms with Gasteiger partial charge in [-0.1, -0.05) is 11.3 Å². The van der Waals surface area contributed by atoms with Gasteiger partial charge in [0, 0.05) is 37.2 Å². The van der Waals surface area contributed by atoms with Crippen LogP contribution >= 0.6 is 11.3 Å². The summed E-state index contributed by atoms with van der Waals surface area (Å²) >= 11 is 1.61. The molecule has 2 aliphatic heterocycles. The van der Waals surface area contributed by atoms with Crippen LogP contribution in [0.5, 0.6) is 0 Å². The number of likely N-dealkylation sites (tertiary alicyclic amines) is 1. The van der Waals surface area contributed by atoms with Gasteiger partial charge in [-0.05, 0) is 25.5 Å². The molecule has 124 valence electrons. The Labute approximate surface area is 140 Å². The first-order chi connectivity index (χ1) is 11.3. The van der Waals surface area contributed by atoms with Gasteiger partial charge in [0.05, 0.1) is 25.7 Å². The summed E-state index contributed by atoms with van der Waals surface area (Å²) in [6.45, 7) is 6.67. The van der Waals surface area contributed by atoms with E-state index in [9.17, 15) is 0 Å². The third-order valence-corrected chi connectivity index (χ3v) is 5.54. The molecule has 2 saturated heterocycles.